The first-order valence-corrected chi connectivity index (χ1v) is 4.35. The van der Waals surface area contributed by atoms with Gasteiger partial charge in [-0.25, -0.2) is 0 Å². The van der Waals surface area contributed by atoms with Crippen molar-refractivity contribution in [3.05, 3.63) is 48.4 Å². The van der Waals surface area contributed by atoms with E-state index >= 15 is 0 Å². The lowest BCUT2D eigenvalue weighted by atomic mass is 10.2. The van der Waals surface area contributed by atoms with Crippen LogP contribution in [0.5, 0.6) is 0 Å². The topological polar surface area (TPSA) is 18.5 Å². The van der Waals surface area contributed by atoms with Gasteiger partial charge in [0.05, 0.1) is 6.61 Å². The van der Waals surface area contributed by atoms with Crippen molar-refractivity contribution >= 4 is 0 Å². The van der Waals surface area contributed by atoms with Gasteiger partial charge in [0, 0.05) is 0 Å². The van der Waals surface area contributed by atoms with E-state index in [-0.39, 0.29) is 0 Å². The van der Waals surface area contributed by atoms with Crippen molar-refractivity contribution in [2.24, 2.45) is 0 Å². The van der Waals surface area contributed by atoms with Crippen molar-refractivity contribution in [2.45, 2.75) is 13.5 Å². The van der Waals surface area contributed by atoms with Crippen LogP contribution in [0.15, 0.2) is 42.9 Å². The van der Waals surface area contributed by atoms with Crippen molar-refractivity contribution in [2.75, 3.05) is 6.61 Å². The van der Waals surface area contributed by atoms with Gasteiger partial charge in [0.15, 0.2) is 0 Å². The van der Waals surface area contributed by atoms with Crippen molar-refractivity contribution in [1.29, 1.82) is 0 Å². The Morgan fingerprint density at radius 1 is 1.08 bits per heavy atom. The molecule has 0 saturated heterocycles. The fourth-order valence-corrected chi connectivity index (χ4v) is 0.893. The third-order valence-electron chi connectivity index (χ3n) is 1.51. The van der Waals surface area contributed by atoms with E-state index in [4.69, 9.17) is 9.47 Å². The van der Waals surface area contributed by atoms with E-state index in [1.807, 2.05) is 37.3 Å². The molecule has 0 aliphatic carbocycles. The summed E-state index contributed by atoms with van der Waals surface area (Å²) >= 11 is 0. The second-order valence-corrected chi connectivity index (χ2v) is 2.52. The van der Waals surface area contributed by atoms with Gasteiger partial charge < -0.3 is 9.47 Å². The highest BCUT2D eigenvalue weighted by molar-refractivity contribution is 5.13. The third-order valence-corrected chi connectivity index (χ3v) is 1.51. The molecule has 1 aromatic carbocycles. The smallest absolute Gasteiger partial charge is 0.118 e. The molecule has 0 fully saturated rings. The lowest BCUT2D eigenvalue weighted by Gasteiger charge is -2.00. The summed E-state index contributed by atoms with van der Waals surface area (Å²) in [4.78, 5) is 0. The number of hydrogen-bond donors (Lipinski definition) is 0. The molecule has 2 nitrogen and oxygen atoms in total. The van der Waals surface area contributed by atoms with Gasteiger partial charge in [-0.15, -0.1) is 0 Å². The van der Waals surface area contributed by atoms with Gasteiger partial charge in [0.1, 0.15) is 19.1 Å². The minimum atomic E-state index is 0.588. The van der Waals surface area contributed by atoms with Crippen LogP contribution in [0.4, 0.5) is 0 Å². The van der Waals surface area contributed by atoms with Crippen LogP contribution in [-0.2, 0) is 16.1 Å². The Balaban J connectivity index is 2.20. The first kappa shape index (κ1) is 9.65. The molecule has 1 rings (SSSR count). The van der Waals surface area contributed by atoms with Gasteiger partial charge >= 0.3 is 0 Å². The van der Waals surface area contributed by atoms with Gasteiger partial charge in [0.2, 0.25) is 0 Å². The standard InChI is InChI=1S/C11H14O2/c1-2-12-8-9-13-10-11-6-4-3-5-7-11/h3-9H,2,10H2,1H3/b9-8+. The molecule has 1 aromatic rings. The molecule has 0 aromatic heterocycles. The Labute approximate surface area is 78.8 Å². The van der Waals surface area contributed by atoms with Crippen LogP contribution in [0.25, 0.3) is 0 Å². The Morgan fingerprint density at radius 3 is 2.46 bits per heavy atom. The first-order chi connectivity index (χ1) is 6.43. The maximum atomic E-state index is 5.22. The van der Waals surface area contributed by atoms with E-state index in [9.17, 15) is 0 Å². The molecule has 0 unspecified atom stereocenters. The summed E-state index contributed by atoms with van der Waals surface area (Å²) in [6.07, 6.45) is 3.12. The number of hydrogen-bond acceptors (Lipinski definition) is 2. The van der Waals surface area contributed by atoms with Crippen LogP contribution < -0.4 is 0 Å². The average molecular weight is 178 g/mol. The molecule has 0 aliphatic rings. The lowest BCUT2D eigenvalue weighted by Crippen LogP contribution is -1.85. The quantitative estimate of drug-likeness (QED) is 0.645. The van der Waals surface area contributed by atoms with Crippen molar-refractivity contribution in [3.63, 3.8) is 0 Å². The molecule has 0 spiro atoms. The molecule has 13 heavy (non-hydrogen) atoms. The van der Waals surface area contributed by atoms with Gasteiger partial charge in [0.25, 0.3) is 0 Å². The highest BCUT2D eigenvalue weighted by Gasteiger charge is 1.87. The van der Waals surface area contributed by atoms with Gasteiger partial charge in [-0.05, 0) is 12.5 Å². The highest BCUT2D eigenvalue weighted by Crippen LogP contribution is 2.00. The van der Waals surface area contributed by atoms with E-state index in [1.165, 1.54) is 0 Å². The molecular weight excluding hydrogens is 164 g/mol. The van der Waals surface area contributed by atoms with E-state index in [0.29, 0.717) is 13.2 Å². The predicted octanol–water partition coefficient (Wildman–Crippen LogP) is 2.71. The van der Waals surface area contributed by atoms with Crippen LogP contribution in [0, 0.1) is 0 Å². The summed E-state index contributed by atoms with van der Waals surface area (Å²) in [5, 5.41) is 0. The monoisotopic (exact) mass is 178 g/mol. The molecule has 0 N–H and O–H groups in total. The summed E-state index contributed by atoms with van der Waals surface area (Å²) in [6.45, 7) is 3.19. The molecular formula is C11H14O2. The zero-order valence-electron chi connectivity index (χ0n) is 7.77. The maximum Gasteiger partial charge on any atom is 0.118 e. The molecule has 0 radical (unpaired) electrons. The van der Waals surface area contributed by atoms with E-state index in [0.717, 1.165) is 5.56 Å². The molecule has 0 saturated carbocycles. The predicted molar refractivity (Wildman–Crippen MR) is 52.0 cm³/mol. The van der Waals surface area contributed by atoms with Crippen LogP contribution in [0.2, 0.25) is 0 Å². The normalized spacial score (nSPS) is 10.2. The zero-order valence-corrected chi connectivity index (χ0v) is 7.77. The van der Waals surface area contributed by atoms with E-state index in [2.05, 4.69) is 0 Å². The number of rotatable bonds is 5. The van der Waals surface area contributed by atoms with Crippen LogP contribution >= 0.6 is 0 Å². The fourth-order valence-electron chi connectivity index (χ4n) is 0.893. The summed E-state index contributed by atoms with van der Waals surface area (Å²) in [6, 6.07) is 10.0. The summed E-state index contributed by atoms with van der Waals surface area (Å²) in [5.74, 6) is 0. The molecule has 0 aliphatic heterocycles. The molecule has 0 atom stereocenters. The maximum absolute atomic E-state index is 5.22. The minimum Gasteiger partial charge on any atom is -0.498 e. The largest absolute Gasteiger partial charge is 0.498 e. The average Bonchev–Trinajstić information content (AvgIpc) is 2.19. The number of benzene rings is 1. The Bertz CT molecular complexity index is 242. The Hall–Kier alpha value is -1.44. The first-order valence-electron chi connectivity index (χ1n) is 4.35. The van der Waals surface area contributed by atoms with Gasteiger partial charge in [-0.1, -0.05) is 30.3 Å². The fraction of sp³-hybridized carbons (Fsp3) is 0.273. The SMILES string of the molecule is CCO/C=C/OCc1ccccc1. The molecule has 70 valence electrons. The zero-order chi connectivity index (χ0) is 9.36. The van der Waals surface area contributed by atoms with Crippen LogP contribution in [-0.4, -0.2) is 6.61 Å². The van der Waals surface area contributed by atoms with Gasteiger partial charge in [-0.2, -0.15) is 0 Å². The summed E-state index contributed by atoms with van der Waals surface area (Å²) in [7, 11) is 0. The van der Waals surface area contributed by atoms with Crippen LogP contribution in [0.1, 0.15) is 12.5 Å². The highest BCUT2D eigenvalue weighted by atomic mass is 16.5. The van der Waals surface area contributed by atoms with Crippen molar-refractivity contribution in [1.82, 2.24) is 0 Å². The molecule has 0 amide bonds. The van der Waals surface area contributed by atoms with E-state index in [1.54, 1.807) is 12.5 Å². The lowest BCUT2D eigenvalue weighted by molar-refractivity contribution is 0.203. The van der Waals surface area contributed by atoms with Crippen LogP contribution in [0.3, 0.4) is 0 Å². The third kappa shape index (κ3) is 4.21. The molecule has 2 heteroatoms. The number of ether oxygens (including phenoxy) is 2. The molecule has 0 heterocycles. The summed E-state index contributed by atoms with van der Waals surface area (Å²) in [5.41, 5.74) is 1.16. The van der Waals surface area contributed by atoms with Crippen molar-refractivity contribution in [3.8, 4) is 0 Å². The second kappa shape index (κ2) is 6.12. The minimum absolute atomic E-state index is 0.588. The van der Waals surface area contributed by atoms with Gasteiger partial charge in [-0.3, -0.25) is 0 Å². The Kier molecular flexibility index (Phi) is 4.54. The Morgan fingerprint density at radius 2 is 1.77 bits per heavy atom. The van der Waals surface area contributed by atoms with E-state index < -0.39 is 0 Å². The van der Waals surface area contributed by atoms with Crippen molar-refractivity contribution < 1.29 is 9.47 Å². The molecule has 0 bridgehead atoms. The second-order valence-electron chi connectivity index (χ2n) is 2.52. The summed E-state index contributed by atoms with van der Waals surface area (Å²) < 4.78 is 10.2.